The van der Waals surface area contributed by atoms with E-state index in [0.717, 1.165) is 16.2 Å². The summed E-state index contributed by atoms with van der Waals surface area (Å²) in [6, 6.07) is 15.1. The normalized spacial score (nSPS) is 10.8. The summed E-state index contributed by atoms with van der Waals surface area (Å²) in [5.41, 5.74) is 1.55. The molecular weight excluding hydrogens is 362 g/mol. The van der Waals surface area contributed by atoms with Gasteiger partial charge in [-0.1, -0.05) is 31.1 Å². The Labute approximate surface area is 162 Å². The van der Waals surface area contributed by atoms with Crippen LogP contribution in [-0.4, -0.2) is 28.5 Å². The SMILES string of the molecule is COc1ccc(Cc2nnc(NC(=O)c3ccc(SC(C)C)cc3)o2)cc1. The summed E-state index contributed by atoms with van der Waals surface area (Å²) in [5.74, 6) is 0.935. The molecule has 0 spiro atoms. The van der Waals surface area contributed by atoms with Crippen molar-refractivity contribution in [3.8, 4) is 5.75 Å². The number of hydrogen-bond acceptors (Lipinski definition) is 6. The topological polar surface area (TPSA) is 77.3 Å². The minimum Gasteiger partial charge on any atom is -0.497 e. The molecule has 1 heterocycles. The summed E-state index contributed by atoms with van der Waals surface area (Å²) < 4.78 is 10.7. The number of aromatic nitrogens is 2. The van der Waals surface area contributed by atoms with Gasteiger partial charge in [0.2, 0.25) is 5.89 Å². The fraction of sp³-hybridized carbons (Fsp3) is 0.250. The van der Waals surface area contributed by atoms with Crippen LogP contribution in [0.25, 0.3) is 0 Å². The van der Waals surface area contributed by atoms with Gasteiger partial charge in [-0.15, -0.1) is 16.9 Å². The molecule has 0 atom stereocenters. The highest BCUT2D eigenvalue weighted by Gasteiger charge is 2.12. The molecule has 0 aliphatic rings. The van der Waals surface area contributed by atoms with E-state index in [1.165, 1.54) is 0 Å². The van der Waals surface area contributed by atoms with Crippen LogP contribution in [0.1, 0.15) is 35.7 Å². The van der Waals surface area contributed by atoms with Crippen LogP contribution in [0.3, 0.4) is 0 Å². The molecule has 0 saturated heterocycles. The number of nitrogens with one attached hydrogen (secondary N) is 1. The Balaban J connectivity index is 1.60. The Kier molecular flexibility index (Phi) is 6.13. The summed E-state index contributed by atoms with van der Waals surface area (Å²) in [5, 5.41) is 11.0. The first-order valence-electron chi connectivity index (χ1n) is 8.57. The molecule has 0 fully saturated rings. The molecule has 7 heteroatoms. The summed E-state index contributed by atoms with van der Waals surface area (Å²) in [6.45, 7) is 4.26. The van der Waals surface area contributed by atoms with Crippen molar-refractivity contribution >= 4 is 23.7 Å². The lowest BCUT2D eigenvalue weighted by Crippen LogP contribution is -2.12. The van der Waals surface area contributed by atoms with Crippen molar-refractivity contribution in [2.24, 2.45) is 0 Å². The molecule has 0 aliphatic heterocycles. The van der Waals surface area contributed by atoms with Gasteiger partial charge in [0.15, 0.2) is 0 Å². The van der Waals surface area contributed by atoms with Gasteiger partial charge in [0.1, 0.15) is 5.75 Å². The highest BCUT2D eigenvalue weighted by atomic mass is 32.2. The van der Waals surface area contributed by atoms with E-state index >= 15 is 0 Å². The van der Waals surface area contributed by atoms with Gasteiger partial charge in [-0.2, -0.15) is 0 Å². The predicted octanol–water partition coefficient (Wildman–Crippen LogP) is 4.42. The fourth-order valence-corrected chi connectivity index (χ4v) is 3.26. The van der Waals surface area contributed by atoms with Crippen molar-refractivity contribution in [1.82, 2.24) is 10.2 Å². The second kappa shape index (κ2) is 8.73. The zero-order valence-corrected chi connectivity index (χ0v) is 16.2. The largest absolute Gasteiger partial charge is 0.497 e. The molecule has 2 aromatic carbocycles. The lowest BCUT2D eigenvalue weighted by Gasteiger charge is -2.05. The van der Waals surface area contributed by atoms with E-state index in [2.05, 4.69) is 29.4 Å². The number of rotatable bonds is 7. The van der Waals surface area contributed by atoms with Gasteiger partial charge in [-0.25, -0.2) is 0 Å². The van der Waals surface area contributed by atoms with E-state index in [1.807, 2.05) is 36.4 Å². The lowest BCUT2D eigenvalue weighted by molar-refractivity contribution is 0.102. The van der Waals surface area contributed by atoms with Crippen LogP contribution in [0.2, 0.25) is 0 Å². The summed E-state index contributed by atoms with van der Waals surface area (Å²) in [6.07, 6.45) is 0.480. The molecule has 1 amide bonds. The lowest BCUT2D eigenvalue weighted by atomic mass is 10.1. The van der Waals surface area contributed by atoms with Gasteiger partial charge in [0, 0.05) is 15.7 Å². The van der Waals surface area contributed by atoms with Crippen molar-refractivity contribution in [2.45, 2.75) is 30.4 Å². The zero-order valence-electron chi connectivity index (χ0n) is 15.4. The number of ether oxygens (including phenoxy) is 1. The average molecular weight is 383 g/mol. The molecule has 0 bridgehead atoms. The van der Waals surface area contributed by atoms with Gasteiger partial charge >= 0.3 is 6.01 Å². The zero-order chi connectivity index (χ0) is 19.2. The molecule has 140 valence electrons. The molecule has 0 radical (unpaired) electrons. The number of thioether (sulfide) groups is 1. The highest BCUT2D eigenvalue weighted by molar-refractivity contribution is 7.99. The molecule has 1 aromatic heterocycles. The molecule has 6 nitrogen and oxygen atoms in total. The van der Waals surface area contributed by atoms with E-state index in [0.29, 0.717) is 23.1 Å². The smallest absolute Gasteiger partial charge is 0.322 e. The Morgan fingerprint density at radius 3 is 2.44 bits per heavy atom. The van der Waals surface area contributed by atoms with Crippen molar-refractivity contribution in [2.75, 3.05) is 12.4 Å². The fourth-order valence-electron chi connectivity index (χ4n) is 2.42. The van der Waals surface area contributed by atoms with Gasteiger partial charge in [-0.05, 0) is 42.0 Å². The Morgan fingerprint density at radius 1 is 1.11 bits per heavy atom. The molecule has 0 unspecified atom stereocenters. The molecule has 0 aliphatic carbocycles. The quantitative estimate of drug-likeness (QED) is 0.609. The van der Waals surface area contributed by atoms with Gasteiger partial charge < -0.3 is 9.15 Å². The molecule has 3 aromatic rings. The van der Waals surface area contributed by atoms with Gasteiger partial charge in [-0.3, -0.25) is 10.1 Å². The van der Waals surface area contributed by atoms with Crippen LogP contribution in [-0.2, 0) is 6.42 Å². The number of benzene rings is 2. The summed E-state index contributed by atoms with van der Waals surface area (Å²) in [4.78, 5) is 13.5. The minimum absolute atomic E-state index is 0.0872. The van der Waals surface area contributed by atoms with E-state index in [1.54, 1.807) is 31.0 Å². The second-order valence-corrected chi connectivity index (χ2v) is 7.82. The number of hydrogen-bond donors (Lipinski definition) is 1. The van der Waals surface area contributed by atoms with Crippen molar-refractivity contribution in [1.29, 1.82) is 0 Å². The van der Waals surface area contributed by atoms with E-state index in [4.69, 9.17) is 9.15 Å². The maximum Gasteiger partial charge on any atom is 0.322 e. The number of amides is 1. The Bertz CT molecular complexity index is 890. The van der Waals surface area contributed by atoms with Crippen LogP contribution in [0.15, 0.2) is 57.8 Å². The number of carbonyl (C=O) groups excluding carboxylic acids is 1. The number of carbonyl (C=O) groups is 1. The second-order valence-electron chi connectivity index (χ2n) is 6.17. The third kappa shape index (κ3) is 5.34. The highest BCUT2D eigenvalue weighted by Crippen LogP contribution is 2.23. The molecule has 3 rings (SSSR count). The maximum atomic E-state index is 12.3. The first-order valence-corrected chi connectivity index (χ1v) is 9.45. The number of methoxy groups -OCH3 is 1. The molecular formula is C20H21N3O3S. The monoisotopic (exact) mass is 383 g/mol. The number of anilines is 1. The third-order valence-electron chi connectivity index (χ3n) is 3.69. The summed E-state index contributed by atoms with van der Waals surface area (Å²) >= 11 is 1.75. The van der Waals surface area contributed by atoms with Crippen LogP contribution in [0, 0.1) is 0 Å². The molecule has 1 N–H and O–H groups in total. The number of nitrogens with zero attached hydrogens (tertiary/aromatic N) is 2. The summed E-state index contributed by atoms with van der Waals surface area (Å²) in [7, 11) is 1.62. The minimum atomic E-state index is -0.282. The van der Waals surface area contributed by atoms with Crippen LogP contribution < -0.4 is 10.1 Å². The van der Waals surface area contributed by atoms with Crippen LogP contribution in [0.4, 0.5) is 6.01 Å². The van der Waals surface area contributed by atoms with Gasteiger partial charge in [0.25, 0.3) is 5.91 Å². The van der Waals surface area contributed by atoms with Crippen LogP contribution in [0.5, 0.6) is 5.75 Å². The first-order chi connectivity index (χ1) is 13.0. The Morgan fingerprint density at radius 2 is 1.81 bits per heavy atom. The first kappa shape index (κ1) is 19.0. The van der Waals surface area contributed by atoms with Crippen molar-refractivity contribution < 1.29 is 13.9 Å². The van der Waals surface area contributed by atoms with Crippen LogP contribution >= 0.6 is 11.8 Å². The Hall–Kier alpha value is -2.80. The van der Waals surface area contributed by atoms with Gasteiger partial charge in [0.05, 0.1) is 13.5 Å². The maximum absolute atomic E-state index is 12.3. The molecule has 0 saturated carbocycles. The molecule has 27 heavy (non-hydrogen) atoms. The average Bonchev–Trinajstić information content (AvgIpc) is 3.09. The van der Waals surface area contributed by atoms with E-state index in [9.17, 15) is 4.79 Å². The van der Waals surface area contributed by atoms with Crippen molar-refractivity contribution in [3.63, 3.8) is 0 Å². The third-order valence-corrected chi connectivity index (χ3v) is 4.71. The van der Waals surface area contributed by atoms with E-state index in [-0.39, 0.29) is 11.9 Å². The van der Waals surface area contributed by atoms with E-state index < -0.39 is 0 Å². The predicted molar refractivity (Wildman–Crippen MR) is 105 cm³/mol. The standard InChI is InChI=1S/C20H21N3O3S/c1-13(2)27-17-10-6-15(7-11-17)19(24)21-20-23-22-18(26-20)12-14-4-8-16(25-3)9-5-14/h4-11,13H,12H2,1-3H3,(H,21,23,24). The van der Waals surface area contributed by atoms with Crippen molar-refractivity contribution in [3.05, 3.63) is 65.5 Å².